The van der Waals surface area contributed by atoms with E-state index in [1.807, 2.05) is 0 Å². The molecular weight excluding hydrogens is 398 g/mol. The molecular formula is C19H10Cl2F3N3. The maximum atomic E-state index is 12.9. The van der Waals surface area contributed by atoms with Gasteiger partial charge in [0.25, 0.3) is 0 Å². The first kappa shape index (κ1) is 17.8. The second kappa shape index (κ2) is 6.55. The van der Waals surface area contributed by atoms with Gasteiger partial charge in [-0.25, -0.2) is 9.07 Å². The monoisotopic (exact) mass is 407 g/mol. The van der Waals surface area contributed by atoms with E-state index in [-0.39, 0.29) is 5.52 Å². The van der Waals surface area contributed by atoms with Gasteiger partial charge in [-0.2, -0.15) is 13.2 Å². The summed E-state index contributed by atoms with van der Waals surface area (Å²) in [6, 6.07) is 13.9. The zero-order valence-corrected chi connectivity index (χ0v) is 15.0. The predicted molar refractivity (Wildman–Crippen MR) is 99.7 cm³/mol. The lowest BCUT2D eigenvalue weighted by atomic mass is 10.1. The summed E-state index contributed by atoms with van der Waals surface area (Å²) in [5.41, 5.74) is 1.90. The normalized spacial score (nSPS) is 11.9. The minimum absolute atomic E-state index is 0.193. The second-order valence-electron chi connectivity index (χ2n) is 5.83. The van der Waals surface area contributed by atoms with Crippen molar-refractivity contribution in [3.63, 3.8) is 0 Å². The number of hydrogen-bond acceptors (Lipinski definition) is 2. The van der Waals surface area contributed by atoms with E-state index in [9.17, 15) is 13.2 Å². The number of hydrogen-bond donors (Lipinski definition) is 0. The van der Waals surface area contributed by atoms with Crippen molar-refractivity contribution < 1.29 is 13.2 Å². The predicted octanol–water partition coefficient (Wildman–Crippen LogP) is 6.44. The van der Waals surface area contributed by atoms with Gasteiger partial charge in [0.05, 0.1) is 27.3 Å². The second-order valence-corrected chi connectivity index (χ2v) is 6.57. The van der Waals surface area contributed by atoms with Crippen molar-refractivity contribution in [1.29, 1.82) is 0 Å². The SMILES string of the molecule is FC(F)(F)c1ccc2nc(-c3ccc(-c4ncccc4Cl)cc3)n(Cl)c2c1. The van der Waals surface area contributed by atoms with E-state index in [4.69, 9.17) is 23.4 Å². The molecule has 0 aliphatic heterocycles. The highest BCUT2D eigenvalue weighted by atomic mass is 35.5. The van der Waals surface area contributed by atoms with Crippen LogP contribution >= 0.6 is 23.4 Å². The Morgan fingerprint density at radius 1 is 0.926 bits per heavy atom. The van der Waals surface area contributed by atoms with Crippen molar-refractivity contribution in [2.75, 3.05) is 0 Å². The highest BCUT2D eigenvalue weighted by molar-refractivity contribution is 6.33. The average Bonchev–Trinajstić information content (AvgIpc) is 2.98. The summed E-state index contributed by atoms with van der Waals surface area (Å²) in [6.07, 6.45) is -2.80. The molecule has 27 heavy (non-hydrogen) atoms. The number of aromatic nitrogens is 3. The first-order valence-electron chi connectivity index (χ1n) is 7.82. The van der Waals surface area contributed by atoms with Gasteiger partial charge in [-0.3, -0.25) is 4.98 Å². The number of pyridine rings is 1. The molecule has 3 nitrogen and oxygen atoms in total. The van der Waals surface area contributed by atoms with Gasteiger partial charge in [0.15, 0.2) is 5.82 Å². The van der Waals surface area contributed by atoms with Gasteiger partial charge in [-0.05, 0) is 30.3 Å². The summed E-state index contributed by atoms with van der Waals surface area (Å²) in [6.45, 7) is 0. The van der Waals surface area contributed by atoms with Gasteiger partial charge in [-0.15, -0.1) is 0 Å². The Hall–Kier alpha value is -2.57. The van der Waals surface area contributed by atoms with Gasteiger partial charge < -0.3 is 0 Å². The molecule has 2 heterocycles. The van der Waals surface area contributed by atoms with Gasteiger partial charge in [-0.1, -0.05) is 35.9 Å². The maximum absolute atomic E-state index is 12.9. The molecule has 0 saturated heterocycles. The number of imidazole rings is 1. The van der Waals surface area contributed by atoms with Crippen molar-refractivity contribution in [2.45, 2.75) is 6.18 Å². The van der Waals surface area contributed by atoms with Crippen molar-refractivity contribution in [3.05, 3.63) is 71.4 Å². The number of halogens is 5. The van der Waals surface area contributed by atoms with Gasteiger partial charge in [0.2, 0.25) is 0 Å². The van der Waals surface area contributed by atoms with Crippen molar-refractivity contribution in [1.82, 2.24) is 14.1 Å². The Morgan fingerprint density at radius 2 is 1.63 bits per heavy atom. The average molecular weight is 408 g/mol. The number of alkyl halides is 3. The molecule has 0 radical (unpaired) electrons. The fourth-order valence-corrected chi connectivity index (χ4v) is 3.28. The summed E-state index contributed by atoms with van der Waals surface area (Å²) < 4.78 is 39.9. The first-order valence-corrected chi connectivity index (χ1v) is 8.53. The zero-order chi connectivity index (χ0) is 19.2. The number of benzene rings is 2. The van der Waals surface area contributed by atoms with Crippen LogP contribution in [0.1, 0.15) is 5.56 Å². The lowest BCUT2D eigenvalue weighted by Gasteiger charge is -2.06. The van der Waals surface area contributed by atoms with Crippen LogP contribution in [0.3, 0.4) is 0 Å². The van der Waals surface area contributed by atoms with Gasteiger partial charge >= 0.3 is 6.18 Å². The summed E-state index contributed by atoms with van der Waals surface area (Å²) in [4.78, 5) is 8.60. The molecule has 136 valence electrons. The Bertz CT molecular complexity index is 1140. The number of rotatable bonds is 2. The van der Waals surface area contributed by atoms with Crippen LogP contribution in [-0.4, -0.2) is 14.1 Å². The molecule has 0 fully saturated rings. The third-order valence-corrected chi connectivity index (χ3v) is 4.75. The third-order valence-electron chi connectivity index (χ3n) is 4.10. The van der Waals surface area contributed by atoms with Crippen molar-refractivity contribution in [2.24, 2.45) is 0 Å². The largest absolute Gasteiger partial charge is 0.416 e. The topological polar surface area (TPSA) is 30.7 Å². The molecule has 0 spiro atoms. The Labute approximate surface area is 162 Å². The van der Waals surface area contributed by atoms with Crippen LogP contribution in [0.2, 0.25) is 5.02 Å². The van der Waals surface area contributed by atoms with Crippen LogP contribution in [0.5, 0.6) is 0 Å². The summed E-state index contributed by atoms with van der Waals surface area (Å²) in [5.74, 6) is 0.352. The molecule has 4 aromatic rings. The third kappa shape index (κ3) is 3.26. The fraction of sp³-hybridized carbons (Fsp3) is 0.0526. The number of nitrogens with zero attached hydrogens (tertiary/aromatic N) is 3. The first-order chi connectivity index (χ1) is 12.8. The van der Waals surface area contributed by atoms with Crippen LogP contribution in [0.4, 0.5) is 13.2 Å². The minimum Gasteiger partial charge on any atom is -0.255 e. The molecule has 0 atom stereocenters. The van der Waals surface area contributed by atoms with Gasteiger partial charge in [0, 0.05) is 29.1 Å². The molecule has 0 aliphatic rings. The Balaban J connectivity index is 1.76. The minimum atomic E-state index is -4.45. The molecule has 0 saturated carbocycles. The van der Waals surface area contributed by atoms with E-state index in [1.54, 1.807) is 42.6 Å². The van der Waals surface area contributed by atoms with Crippen LogP contribution in [0, 0.1) is 0 Å². The van der Waals surface area contributed by atoms with E-state index in [2.05, 4.69) is 9.97 Å². The van der Waals surface area contributed by atoms with E-state index in [0.717, 1.165) is 21.8 Å². The summed E-state index contributed by atoms with van der Waals surface area (Å²) in [7, 11) is 0. The van der Waals surface area contributed by atoms with E-state index < -0.39 is 11.7 Å². The maximum Gasteiger partial charge on any atom is 0.416 e. The molecule has 0 unspecified atom stereocenters. The summed E-state index contributed by atoms with van der Waals surface area (Å²) in [5, 5.41) is 0.523. The molecule has 4 rings (SSSR count). The van der Waals surface area contributed by atoms with Crippen molar-refractivity contribution >= 4 is 34.4 Å². The van der Waals surface area contributed by atoms with Crippen LogP contribution in [-0.2, 0) is 6.18 Å². The summed E-state index contributed by atoms with van der Waals surface area (Å²) >= 11 is 12.4. The fourth-order valence-electron chi connectivity index (χ4n) is 2.78. The molecule has 0 N–H and O–H groups in total. The molecule has 2 aromatic heterocycles. The van der Waals surface area contributed by atoms with Crippen molar-refractivity contribution in [3.8, 4) is 22.6 Å². The van der Waals surface area contributed by atoms with Gasteiger partial charge in [0.1, 0.15) is 0 Å². The van der Waals surface area contributed by atoms with Crippen LogP contribution in [0.25, 0.3) is 33.7 Å². The Morgan fingerprint density at radius 3 is 2.30 bits per heavy atom. The highest BCUT2D eigenvalue weighted by Gasteiger charge is 2.31. The number of fused-ring (bicyclic) bond motifs is 1. The standard InChI is InChI=1S/C19H10Cl2F3N3/c20-14-2-1-9-25-17(14)11-3-5-12(6-4-11)18-26-15-8-7-13(19(22,23)24)10-16(15)27(18)21/h1-10H. The highest BCUT2D eigenvalue weighted by Crippen LogP contribution is 2.34. The Kier molecular flexibility index (Phi) is 4.32. The molecule has 8 heteroatoms. The molecule has 0 amide bonds. The van der Waals surface area contributed by atoms with Crippen LogP contribution < -0.4 is 0 Å². The van der Waals surface area contributed by atoms with E-state index in [0.29, 0.717) is 27.6 Å². The zero-order valence-electron chi connectivity index (χ0n) is 13.5. The van der Waals surface area contributed by atoms with E-state index in [1.165, 1.54) is 6.07 Å². The quantitative estimate of drug-likeness (QED) is 0.382. The lowest BCUT2D eigenvalue weighted by Crippen LogP contribution is -2.04. The smallest absolute Gasteiger partial charge is 0.255 e. The lowest BCUT2D eigenvalue weighted by molar-refractivity contribution is -0.137. The molecule has 2 aromatic carbocycles. The van der Waals surface area contributed by atoms with Crippen LogP contribution in [0.15, 0.2) is 60.8 Å². The molecule has 0 bridgehead atoms. The van der Waals surface area contributed by atoms with E-state index >= 15 is 0 Å². The molecule has 0 aliphatic carbocycles.